The Labute approximate surface area is 317 Å². The minimum Gasteiger partial charge on any atom is -0.229 e. The Hall–Kier alpha value is -5.59. The molecule has 53 heavy (non-hydrogen) atoms. The van der Waals surface area contributed by atoms with E-state index < -0.39 is 0 Å². The molecule has 0 saturated heterocycles. The smallest absolute Gasteiger partial charge is 0.229 e. The summed E-state index contributed by atoms with van der Waals surface area (Å²) in [5.74, 6) is 2.85. The predicted octanol–water partition coefficient (Wildman–Crippen LogP) is 11.6. The number of nitrogens with zero attached hydrogens (tertiary/aromatic N) is 5. The zero-order valence-electron chi connectivity index (χ0n) is 31.9. The molecule has 6 heteroatoms. The Balaban J connectivity index is 1.34. The van der Waals surface area contributed by atoms with Gasteiger partial charge in [0.25, 0.3) is 5.82 Å². The summed E-state index contributed by atoms with van der Waals surface area (Å²) < 4.78 is 9.35. The van der Waals surface area contributed by atoms with Gasteiger partial charge in [-0.3, -0.25) is 0 Å². The first-order valence-electron chi connectivity index (χ1n) is 18.6. The third kappa shape index (κ3) is 5.82. The van der Waals surface area contributed by atoms with Crippen molar-refractivity contribution in [2.75, 3.05) is 4.90 Å². The molecule has 0 bridgehead atoms. The molecule has 0 aliphatic heterocycles. The fourth-order valence-corrected chi connectivity index (χ4v) is 9.30. The molecule has 0 unspecified atom stereocenters. The molecular weight excluding hydrogens is 667 g/mol. The first-order chi connectivity index (χ1) is 25.7. The summed E-state index contributed by atoms with van der Waals surface area (Å²) in [6.45, 7) is 13.6. The highest BCUT2D eigenvalue weighted by Gasteiger charge is 2.32. The lowest BCUT2D eigenvalue weighted by Crippen LogP contribution is -2.38. The number of anilines is 3. The van der Waals surface area contributed by atoms with Crippen molar-refractivity contribution in [2.45, 2.75) is 53.4 Å². The lowest BCUT2D eigenvalue weighted by molar-refractivity contribution is -0.717. The van der Waals surface area contributed by atoms with Gasteiger partial charge in [-0.1, -0.05) is 100 Å². The minimum atomic E-state index is 0.361. The van der Waals surface area contributed by atoms with E-state index in [0.717, 1.165) is 28.6 Å². The normalized spacial score (nSPS) is 11.7. The monoisotopic (exact) mass is 713 g/mol. The van der Waals surface area contributed by atoms with Crippen molar-refractivity contribution in [3.8, 4) is 28.3 Å². The van der Waals surface area contributed by atoms with Crippen LogP contribution in [0.4, 0.5) is 17.2 Å². The second-order valence-corrected chi connectivity index (χ2v) is 15.8. The highest BCUT2D eigenvalue weighted by atomic mass is 32.1. The van der Waals surface area contributed by atoms with Gasteiger partial charge in [-0.15, -0.1) is 16.0 Å². The lowest BCUT2D eigenvalue weighted by atomic mass is 9.92. The molecule has 0 radical (unpaired) electrons. The van der Waals surface area contributed by atoms with Crippen LogP contribution in [0.15, 0.2) is 128 Å². The molecule has 0 N–H and O–H groups in total. The summed E-state index contributed by atoms with van der Waals surface area (Å²) in [4.78, 5) is 2.41. The molecule has 0 amide bonds. The molecule has 5 nitrogen and oxygen atoms in total. The number of benzene rings is 5. The van der Waals surface area contributed by atoms with Crippen LogP contribution in [0.25, 0.3) is 48.5 Å². The molecule has 3 aromatic heterocycles. The van der Waals surface area contributed by atoms with Crippen LogP contribution in [-0.4, -0.2) is 9.67 Å². The van der Waals surface area contributed by atoms with Crippen LogP contribution >= 0.6 is 11.3 Å². The zero-order valence-corrected chi connectivity index (χ0v) is 32.7. The van der Waals surface area contributed by atoms with E-state index in [1.807, 2.05) is 22.3 Å². The number of aryl methyl sites for hydroxylation is 2. The van der Waals surface area contributed by atoms with Gasteiger partial charge in [0.2, 0.25) is 6.33 Å². The number of rotatable bonds is 8. The fraction of sp³-hybridized carbons (Fsp3) is 0.213. The molecule has 0 aliphatic carbocycles. The number of pyridine rings is 1. The molecule has 0 spiro atoms. The van der Waals surface area contributed by atoms with Crippen LogP contribution in [0.1, 0.15) is 61.8 Å². The van der Waals surface area contributed by atoms with Gasteiger partial charge in [0, 0.05) is 48.5 Å². The van der Waals surface area contributed by atoms with Crippen LogP contribution in [0, 0.1) is 13.8 Å². The number of hydrogen-bond donors (Lipinski definition) is 0. The maximum absolute atomic E-state index is 4.87. The average Bonchev–Trinajstić information content (AvgIpc) is 3.73. The van der Waals surface area contributed by atoms with Gasteiger partial charge in [-0.2, -0.15) is 9.47 Å². The van der Waals surface area contributed by atoms with Crippen molar-refractivity contribution >= 4 is 48.7 Å². The molecular formula is C47H47N5S+2. The van der Waals surface area contributed by atoms with Crippen LogP contribution in [0.5, 0.6) is 0 Å². The molecule has 5 aromatic carbocycles. The second-order valence-electron chi connectivity index (χ2n) is 14.7. The summed E-state index contributed by atoms with van der Waals surface area (Å²) in [5, 5.41) is 7.50. The summed E-state index contributed by atoms with van der Waals surface area (Å²) >= 11 is 1.88. The average molecular weight is 714 g/mol. The highest BCUT2D eigenvalue weighted by molar-refractivity contribution is 7.26. The number of hydrogen-bond acceptors (Lipinski definition) is 3. The molecule has 0 aliphatic rings. The van der Waals surface area contributed by atoms with E-state index in [4.69, 9.17) is 5.10 Å². The van der Waals surface area contributed by atoms with Crippen molar-refractivity contribution < 1.29 is 9.25 Å². The number of para-hydroxylation sites is 2. The van der Waals surface area contributed by atoms with Gasteiger partial charge >= 0.3 is 5.82 Å². The van der Waals surface area contributed by atoms with Gasteiger partial charge in [0.1, 0.15) is 29.8 Å². The van der Waals surface area contributed by atoms with E-state index in [2.05, 4.69) is 191 Å². The zero-order chi connectivity index (χ0) is 37.0. The summed E-state index contributed by atoms with van der Waals surface area (Å²) in [6, 6.07) is 44.2. The summed E-state index contributed by atoms with van der Waals surface area (Å²) in [7, 11) is 4.26. The lowest BCUT2D eigenvalue weighted by Gasteiger charge is -2.22. The summed E-state index contributed by atoms with van der Waals surface area (Å²) in [6.07, 6.45) is 1.99. The van der Waals surface area contributed by atoms with E-state index in [1.165, 1.54) is 59.4 Å². The fourth-order valence-electron chi connectivity index (χ4n) is 7.99. The molecule has 0 fully saturated rings. The van der Waals surface area contributed by atoms with Gasteiger partial charge in [0.05, 0.1) is 12.6 Å². The Kier molecular flexibility index (Phi) is 8.95. The maximum atomic E-state index is 4.87. The Bertz CT molecular complexity index is 2600. The van der Waals surface area contributed by atoms with E-state index in [-0.39, 0.29) is 0 Å². The van der Waals surface area contributed by atoms with E-state index in [9.17, 15) is 0 Å². The molecule has 3 heterocycles. The molecule has 8 aromatic rings. The summed E-state index contributed by atoms with van der Waals surface area (Å²) in [5.41, 5.74) is 12.1. The van der Waals surface area contributed by atoms with Crippen molar-refractivity contribution in [1.82, 2.24) is 9.67 Å². The maximum Gasteiger partial charge on any atom is 0.316 e. The largest absolute Gasteiger partial charge is 0.316 e. The standard InChI is InChI=1S/C47H47N5S/c1-30(2)35-20-14-21-36(31(3)4)45(35)51-29-48-50(8)47(51)37-22-15-23-40(33(37)6)52(34-17-10-9-11-18-34)43-26-16-24-41(49(43)7)44-32(5)27-28-39-38-19-12-13-25-42(38)53-46(39)44/h9-31H,1-8H3/q+2. The van der Waals surface area contributed by atoms with E-state index in [0.29, 0.717) is 11.8 Å². The Morgan fingerprint density at radius 2 is 1.36 bits per heavy atom. The molecule has 0 atom stereocenters. The molecule has 8 rings (SSSR count). The Morgan fingerprint density at radius 3 is 2.09 bits per heavy atom. The van der Waals surface area contributed by atoms with Gasteiger partial charge in [-0.05, 0) is 78.8 Å². The SMILES string of the molecule is Cc1ccc2c(sc3ccccc32)c1-c1cccc(N(c2ccccc2)c2cccc(-c3n(-c4c(C(C)C)cccc4C(C)C)cn[n+]3C)c2C)[n+]1C. The van der Waals surface area contributed by atoms with Gasteiger partial charge in [-0.25, -0.2) is 4.57 Å². The van der Waals surface area contributed by atoms with Gasteiger partial charge < -0.3 is 0 Å². The van der Waals surface area contributed by atoms with Crippen molar-refractivity contribution in [1.29, 1.82) is 0 Å². The van der Waals surface area contributed by atoms with E-state index in [1.54, 1.807) is 0 Å². The minimum absolute atomic E-state index is 0.361. The van der Waals surface area contributed by atoms with Crippen LogP contribution in [0.3, 0.4) is 0 Å². The molecule has 264 valence electrons. The van der Waals surface area contributed by atoms with Crippen LogP contribution in [-0.2, 0) is 14.1 Å². The van der Waals surface area contributed by atoms with Crippen LogP contribution in [0.2, 0.25) is 0 Å². The first kappa shape index (κ1) is 34.5. The predicted molar refractivity (Wildman–Crippen MR) is 222 cm³/mol. The quantitative estimate of drug-likeness (QED) is 0.147. The van der Waals surface area contributed by atoms with Crippen molar-refractivity contribution in [3.63, 3.8) is 0 Å². The van der Waals surface area contributed by atoms with Crippen molar-refractivity contribution in [2.24, 2.45) is 14.1 Å². The number of fused-ring (bicyclic) bond motifs is 3. The molecule has 0 saturated carbocycles. The topological polar surface area (TPSA) is 28.8 Å². The highest BCUT2D eigenvalue weighted by Crippen LogP contribution is 2.43. The van der Waals surface area contributed by atoms with E-state index >= 15 is 0 Å². The van der Waals surface area contributed by atoms with Gasteiger partial charge in [0.15, 0.2) is 0 Å². The van der Waals surface area contributed by atoms with Crippen molar-refractivity contribution in [3.05, 3.63) is 150 Å². The first-order valence-corrected chi connectivity index (χ1v) is 19.4. The van der Waals surface area contributed by atoms with Crippen LogP contribution < -0.4 is 14.1 Å². The third-order valence-electron chi connectivity index (χ3n) is 10.7. The second kappa shape index (κ2) is 13.8. The third-order valence-corrected chi connectivity index (χ3v) is 11.9. The number of thiophene rings is 1. The Morgan fingerprint density at radius 1 is 0.679 bits per heavy atom. The number of aromatic nitrogens is 4.